The third-order valence-electron chi connectivity index (χ3n) is 12.2. The third-order valence-corrected chi connectivity index (χ3v) is 12.2. The van der Waals surface area contributed by atoms with Gasteiger partial charge in [-0.05, 0) is 96.3 Å². The lowest BCUT2D eigenvalue weighted by Crippen LogP contribution is -2.61. The zero-order valence-electron chi connectivity index (χ0n) is 44.4. The van der Waals surface area contributed by atoms with Gasteiger partial charge in [0.25, 0.3) is 0 Å². The van der Waals surface area contributed by atoms with E-state index < -0.39 is 67.3 Å². The van der Waals surface area contributed by atoms with Crippen molar-refractivity contribution in [2.24, 2.45) is 0 Å². The molecular formula is C59H98O12. The molecule has 1 saturated heterocycles. The van der Waals surface area contributed by atoms with Crippen LogP contribution in [0.25, 0.3) is 0 Å². The molecule has 1 heterocycles. The van der Waals surface area contributed by atoms with Crippen molar-refractivity contribution in [2.75, 3.05) is 13.2 Å². The minimum absolute atomic E-state index is 0.0406. The zero-order valence-corrected chi connectivity index (χ0v) is 44.4. The highest BCUT2D eigenvalue weighted by Gasteiger charge is 2.50. The number of carbonyl (C=O) groups is 4. The molecule has 406 valence electrons. The van der Waals surface area contributed by atoms with Crippen LogP contribution in [-0.2, 0) is 42.9 Å². The van der Waals surface area contributed by atoms with Crippen molar-refractivity contribution in [3.8, 4) is 0 Å². The van der Waals surface area contributed by atoms with Crippen molar-refractivity contribution < 1.29 is 58.2 Å². The molecule has 0 aliphatic carbocycles. The first-order chi connectivity index (χ1) is 34.6. The molecular weight excluding hydrogens is 901 g/mol. The van der Waals surface area contributed by atoms with Crippen LogP contribution >= 0.6 is 0 Å². The first-order valence-electron chi connectivity index (χ1n) is 27.9. The van der Waals surface area contributed by atoms with Crippen LogP contribution in [-0.4, -0.2) is 89.2 Å². The highest BCUT2D eigenvalue weighted by Crippen LogP contribution is 2.26. The lowest BCUT2D eigenvalue weighted by atomic mass is 9.98. The van der Waals surface area contributed by atoms with Gasteiger partial charge >= 0.3 is 23.9 Å². The third kappa shape index (κ3) is 37.6. The Kier molecular flexibility index (Phi) is 43.3. The Bertz CT molecular complexity index is 1510. The minimum Gasteiger partial charge on any atom is -0.479 e. The van der Waals surface area contributed by atoms with Gasteiger partial charge in [0, 0.05) is 19.3 Å². The second-order valence-corrected chi connectivity index (χ2v) is 18.8. The predicted molar refractivity (Wildman–Crippen MR) is 285 cm³/mol. The predicted octanol–water partition coefficient (Wildman–Crippen LogP) is 13.8. The molecule has 6 atom stereocenters. The van der Waals surface area contributed by atoms with Crippen LogP contribution in [0.4, 0.5) is 0 Å². The van der Waals surface area contributed by atoms with Crippen LogP contribution in [0.5, 0.6) is 0 Å². The molecule has 1 rings (SSSR count). The van der Waals surface area contributed by atoms with Crippen molar-refractivity contribution in [1.29, 1.82) is 0 Å². The molecule has 1 fully saturated rings. The minimum atomic E-state index is -1.91. The molecule has 12 heteroatoms. The van der Waals surface area contributed by atoms with E-state index in [-0.39, 0.29) is 25.9 Å². The summed E-state index contributed by atoms with van der Waals surface area (Å²) in [6, 6.07) is 0. The van der Waals surface area contributed by atoms with E-state index in [2.05, 4.69) is 93.7 Å². The average Bonchev–Trinajstić information content (AvgIpc) is 3.35. The monoisotopic (exact) mass is 999 g/mol. The summed E-state index contributed by atoms with van der Waals surface area (Å²) in [5.74, 6) is -3.17. The maximum Gasteiger partial charge on any atom is 0.335 e. The summed E-state index contributed by atoms with van der Waals surface area (Å²) >= 11 is 0. The number of hydrogen-bond acceptors (Lipinski definition) is 11. The van der Waals surface area contributed by atoms with E-state index in [4.69, 9.17) is 23.7 Å². The fourth-order valence-corrected chi connectivity index (χ4v) is 7.93. The summed E-state index contributed by atoms with van der Waals surface area (Å²) in [5.41, 5.74) is 0. The van der Waals surface area contributed by atoms with Gasteiger partial charge in [-0.25, -0.2) is 4.79 Å². The van der Waals surface area contributed by atoms with Crippen LogP contribution < -0.4 is 0 Å². The lowest BCUT2D eigenvalue weighted by molar-refractivity contribution is -0.301. The SMILES string of the molecule is CC/C=C\C/C=C\C/C=C\CCCCCCCCCC(=O)OCC(COC1OC(C(=O)O)C(O)C(O)C1OC(=O)CCCCCCC/C=C\C/C=C\CCC)OC(=O)CCCCCCC/C=C\CCCC. The molecule has 0 spiro atoms. The van der Waals surface area contributed by atoms with E-state index >= 15 is 0 Å². The van der Waals surface area contributed by atoms with Gasteiger partial charge < -0.3 is 39.0 Å². The molecule has 0 aromatic rings. The van der Waals surface area contributed by atoms with Crippen LogP contribution in [0.3, 0.4) is 0 Å². The largest absolute Gasteiger partial charge is 0.479 e. The number of rotatable bonds is 46. The van der Waals surface area contributed by atoms with Crippen molar-refractivity contribution in [3.05, 3.63) is 72.9 Å². The summed E-state index contributed by atoms with van der Waals surface area (Å²) in [6.07, 6.45) is 46.0. The van der Waals surface area contributed by atoms with Gasteiger partial charge in [0.1, 0.15) is 18.8 Å². The molecule has 0 amide bonds. The molecule has 1 aliphatic heterocycles. The van der Waals surface area contributed by atoms with Crippen LogP contribution in [0, 0.1) is 0 Å². The first kappa shape index (κ1) is 65.2. The number of aliphatic hydroxyl groups is 2. The Labute approximate surface area is 429 Å². The normalized spacial score (nSPS) is 19.0. The van der Waals surface area contributed by atoms with Gasteiger partial charge in [-0.3, -0.25) is 14.4 Å². The van der Waals surface area contributed by atoms with E-state index in [1.807, 2.05) is 0 Å². The molecule has 0 aromatic heterocycles. The highest BCUT2D eigenvalue weighted by atomic mass is 16.7. The standard InChI is InChI=1S/C59H98O12/c1-4-7-10-13-16-19-22-24-25-26-27-29-31-33-36-39-42-45-51(60)67-48-50(69-52(61)46-43-40-37-34-30-21-18-15-12-9-6-3)49-68-59-57(55(64)54(63)56(71-59)58(65)66)70-53(62)47-44-41-38-35-32-28-23-20-17-14-11-8-5-2/h7,10-11,14-16,18-20,23-25,50,54-57,59,63-64H,4-6,8-9,12-13,17,21-22,26-49H2,1-3H3,(H,65,66)/b10-7-,14-11-,18-15-,19-16-,23-20-,25-24-. The fourth-order valence-electron chi connectivity index (χ4n) is 7.93. The fraction of sp³-hybridized carbons (Fsp3) is 0.729. The Hall–Kier alpha value is -3.84. The van der Waals surface area contributed by atoms with Gasteiger partial charge in [0.05, 0.1) is 6.61 Å². The van der Waals surface area contributed by atoms with E-state index in [0.717, 1.165) is 148 Å². The van der Waals surface area contributed by atoms with Gasteiger partial charge in [0.15, 0.2) is 24.6 Å². The van der Waals surface area contributed by atoms with Gasteiger partial charge in [-0.2, -0.15) is 0 Å². The molecule has 1 aliphatic rings. The molecule has 6 unspecified atom stereocenters. The number of unbranched alkanes of at least 4 members (excludes halogenated alkanes) is 20. The van der Waals surface area contributed by atoms with Crippen molar-refractivity contribution >= 4 is 23.9 Å². The summed E-state index contributed by atoms with van der Waals surface area (Å²) in [7, 11) is 0. The molecule has 71 heavy (non-hydrogen) atoms. The van der Waals surface area contributed by atoms with Crippen LogP contribution in [0.1, 0.15) is 226 Å². The van der Waals surface area contributed by atoms with Crippen LogP contribution in [0.15, 0.2) is 72.9 Å². The van der Waals surface area contributed by atoms with E-state index in [9.17, 15) is 34.5 Å². The summed E-state index contributed by atoms with van der Waals surface area (Å²) in [4.78, 5) is 50.9. The lowest BCUT2D eigenvalue weighted by Gasteiger charge is -2.40. The smallest absolute Gasteiger partial charge is 0.335 e. The molecule has 0 saturated carbocycles. The van der Waals surface area contributed by atoms with Crippen LogP contribution in [0.2, 0.25) is 0 Å². The molecule has 0 aromatic carbocycles. The number of aliphatic hydroxyl groups excluding tert-OH is 2. The molecule has 3 N–H and O–H groups in total. The molecule has 0 radical (unpaired) electrons. The van der Waals surface area contributed by atoms with Crippen molar-refractivity contribution in [3.63, 3.8) is 0 Å². The topological polar surface area (TPSA) is 175 Å². The molecule has 0 bridgehead atoms. The second kappa shape index (κ2) is 47.2. The number of allylic oxidation sites excluding steroid dienone is 12. The summed E-state index contributed by atoms with van der Waals surface area (Å²) in [5, 5.41) is 31.4. The quantitative estimate of drug-likeness (QED) is 0.0228. The summed E-state index contributed by atoms with van der Waals surface area (Å²) < 4.78 is 28.3. The Morgan fingerprint density at radius 2 is 0.915 bits per heavy atom. The van der Waals surface area contributed by atoms with E-state index in [1.165, 1.54) is 19.3 Å². The van der Waals surface area contributed by atoms with E-state index in [1.54, 1.807) is 0 Å². The number of esters is 3. The summed E-state index contributed by atoms with van der Waals surface area (Å²) in [6.45, 7) is 5.74. The number of carbonyl (C=O) groups excluding carboxylic acids is 3. The van der Waals surface area contributed by atoms with Gasteiger partial charge in [-0.1, -0.05) is 184 Å². The number of carboxylic acids is 1. The van der Waals surface area contributed by atoms with E-state index in [0.29, 0.717) is 19.3 Å². The average molecular weight is 999 g/mol. The maximum absolute atomic E-state index is 13.1. The number of hydrogen-bond donors (Lipinski definition) is 3. The zero-order chi connectivity index (χ0) is 51.8. The number of carboxylic acid groups (broad SMARTS) is 1. The highest BCUT2D eigenvalue weighted by molar-refractivity contribution is 5.74. The number of ether oxygens (including phenoxy) is 5. The van der Waals surface area contributed by atoms with Crippen molar-refractivity contribution in [1.82, 2.24) is 0 Å². The molecule has 12 nitrogen and oxygen atoms in total. The van der Waals surface area contributed by atoms with Gasteiger partial charge in [0.2, 0.25) is 0 Å². The first-order valence-corrected chi connectivity index (χ1v) is 27.9. The Morgan fingerprint density at radius 1 is 0.479 bits per heavy atom. The Balaban J connectivity index is 2.71. The maximum atomic E-state index is 13.1. The Morgan fingerprint density at radius 3 is 1.42 bits per heavy atom. The van der Waals surface area contributed by atoms with Crippen molar-refractivity contribution in [2.45, 2.75) is 263 Å². The number of aliphatic carboxylic acids is 1. The second-order valence-electron chi connectivity index (χ2n) is 18.8. The van der Waals surface area contributed by atoms with Gasteiger partial charge in [-0.15, -0.1) is 0 Å².